The van der Waals surface area contributed by atoms with Crippen molar-refractivity contribution in [3.8, 4) is 5.75 Å². The molecule has 2 heterocycles. The molecule has 0 aliphatic carbocycles. The number of rotatable bonds is 4. The molecule has 1 atom stereocenters. The quantitative estimate of drug-likeness (QED) is 0.749. The number of thiazole rings is 1. The van der Waals surface area contributed by atoms with Crippen LogP contribution in [0.15, 0.2) is 42.5 Å². The van der Waals surface area contributed by atoms with Crippen LogP contribution >= 0.6 is 11.3 Å². The molecule has 7 heteroatoms. The van der Waals surface area contributed by atoms with Crippen LogP contribution in [0.1, 0.15) is 11.4 Å². The summed E-state index contributed by atoms with van der Waals surface area (Å²) in [4.78, 5) is 31.2. The first kappa shape index (κ1) is 17.5. The topological polar surface area (TPSA) is 71.5 Å². The fourth-order valence-electron chi connectivity index (χ4n) is 3.33. The van der Waals surface area contributed by atoms with Crippen molar-refractivity contribution < 1.29 is 14.3 Å². The molecule has 1 aliphatic heterocycles. The van der Waals surface area contributed by atoms with Crippen LogP contribution in [0, 0.1) is 12.8 Å². The number of hydrogen-bond donors (Lipinski definition) is 1. The smallest absolute Gasteiger partial charge is 0.229 e. The molecule has 1 fully saturated rings. The van der Waals surface area contributed by atoms with Gasteiger partial charge in [0.1, 0.15) is 5.75 Å². The van der Waals surface area contributed by atoms with Crippen molar-refractivity contribution >= 4 is 44.7 Å². The second-order valence-corrected chi connectivity index (χ2v) is 7.72. The number of carbonyl (C=O) groups is 2. The SMILES string of the molecule is COc1ccccc1N1C[C@@H](C(=O)Nc2ccc3nc(C)sc3c2)CC1=O. The summed E-state index contributed by atoms with van der Waals surface area (Å²) in [7, 11) is 1.57. The molecule has 0 saturated carbocycles. The van der Waals surface area contributed by atoms with Gasteiger partial charge in [-0.15, -0.1) is 11.3 Å². The average Bonchev–Trinajstić information content (AvgIpc) is 3.23. The van der Waals surface area contributed by atoms with Gasteiger partial charge in [-0.05, 0) is 37.3 Å². The average molecular weight is 381 g/mol. The van der Waals surface area contributed by atoms with Crippen LogP contribution in [0.25, 0.3) is 10.2 Å². The van der Waals surface area contributed by atoms with Crippen LogP contribution in [-0.4, -0.2) is 30.5 Å². The predicted octanol–water partition coefficient (Wildman–Crippen LogP) is 3.60. The summed E-state index contributed by atoms with van der Waals surface area (Å²) in [5, 5.41) is 3.92. The molecule has 0 radical (unpaired) electrons. The van der Waals surface area contributed by atoms with Crippen LogP contribution in [0.3, 0.4) is 0 Å². The van der Waals surface area contributed by atoms with Gasteiger partial charge in [0.2, 0.25) is 11.8 Å². The molecule has 1 aliphatic rings. The zero-order valence-corrected chi connectivity index (χ0v) is 15.9. The first-order valence-corrected chi connectivity index (χ1v) is 9.48. The second kappa shape index (κ2) is 7.00. The molecule has 0 unspecified atom stereocenters. The van der Waals surface area contributed by atoms with Gasteiger partial charge in [0.05, 0.1) is 33.9 Å². The van der Waals surface area contributed by atoms with Crippen LogP contribution in [-0.2, 0) is 9.59 Å². The normalized spacial score (nSPS) is 16.7. The summed E-state index contributed by atoms with van der Waals surface area (Å²) < 4.78 is 6.37. The molecule has 27 heavy (non-hydrogen) atoms. The minimum atomic E-state index is -0.402. The van der Waals surface area contributed by atoms with Crippen molar-refractivity contribution in [3.05, 3.63) is 47.5 Å². The van der Waals surface area contributed by atoms with Crippen LogP contribution in [0.4, 0.5) is 11.4 Å². The van der Waals surface area contributed by atoms with Gasteiger partial charge in [0.15, 0.2) is 0 Å². The number of methoxy groups -OCH3 is 1. The van der Waals surface area contributed by atoms with E-state index in [0.29, 0.717) is 18.0 Å². The highest BCUT2D eigenvalue weighted by Gasteiger charge is 2.36. The van der Waals surface area contributed by atoms with Crippen molar-refractivity contribution in [2.75, 3.05) is 23.9 Å². The van der Waals surface area contributed by atoms with Crippen LogP contribution < -0.4 is 15.0 Å². The third-order valence-corrected chi connectivity index (χ3v) is 5.57. The van der Waals surface area contributed by atoms with Gasteiger partial charge in [0.25, 0.3) is 0 Å². The molecule has 6 nitrogen and oxygen atoms in total. The largest absolute Gasteiger partial charge is 0.495 e. The molecule has 4 rings (SSSR count). The van der Waals surface area contributed by atoms with Gasteiger partial charge in [0, 0.05) is 18.7 Å². The Bertz CT molecular complexity index is 1030. The maximum Gasteiger partial charge on any atom is 0.229 e. The summed E-state index contributed by atoms with van der Waals surface area (Å²) in [5.74, 6) is -0.00579. The summed E-state index contributed by atoms with van der Waals surface area (Å²) in [6.45, 7) is 2.30. The van der Waals surface area contributed by atoms with Crippen LogP contribution in [0.2, 0.25) is 0 Å². The lowest BCUT2D eigenvalue weighted by atomic mass is 10.1. The number of nitrogens with one attached hydrogen (secondary N) is 1. The van der Waals surface area contributed by atoms with E-state index in [1.54, 1.807) is 23.3 Å². The molecule has 1 saturated heterocycles. The third kappa shape index (κ3) is 3.38. The summed E-state index contributed by atoms with van der Waals surface area (Å²) in [5.41, 5.74) is 2.34. The molecule has 3 aromatic rings. The monoisotopic (exact) mass is 381 g/mol. The predicted molar refractivity (Wildman–Crippen MR) is 106 cm³/mol. The Morgan fingerprint density at radius 2 is 2.11 bits per heavy atom. The van der Waals surface area contributed by atoms with Crippen molar-refractivity contribution in [3.63, 3.8) is 0 Å². The van der Waals surface area contributed by atoms with E-state index in [9.17, 15) is 9.59 Å². The van der Waals surface area contributed by atoms with Gasteiger partial charge >= 0.3 is 0 Å². The Labute approximate surface area is 160 Å². The van der Waals surface area contributed by atoms with Gasteiger partial charge in [-0.1, -0.05) is 12.1 Å². The molecule has 1 N–H and O–H groups in total. The number of hydrogen-bond acceptors (Lipinski definition) is 5. The minimum Gasteiger partial charge on any atom is -0.495 e. The lowest BCUT2D eigenvalue weighted by Crippen LogP contribution is -2.28. The Kier molecular flexibility index (Phi) is 4.53. The summed E-state index contributed by atoms with van der Waals surface area (Å²) >= 11 is 1.59. The summed E-state index contributed by atoms with van der Waals surface area (Å²) in [6.07, 6.45) is 0.186. The lowest BCUT2D eigenvalue weighted by molar-refractivity contribution is -0.122. The molecule has 138 valence electrons. The Hall–Kier alpha value is -2.93. The van der Waals surface area contributed by atoms with E-state index >= 15 is 0 Å². The Morgan fingerprint density at radius 1 is 1.30 bits per heavy atom. The summed E-state index contributed by atoms with van der Waals surface area (Å²) in [6, 6.07) is 13.0. The van der Waals surface area contributed by atoms with E-state index in [0.717, 1.165) is 20.9 Å². The fraction of sp³-hybridized carbons (Fsp3) is 0.250. The lowest BCUT2D eigenvalue weighted by Gasteiger charge is -2.19. The molecule has 0 bridgehead atoms. The van der Waals surface area contributed by atoms with Gasteiger partial charge in [-0.3, -0.25) is 9.59 Å². The maximum atomic E-state index is 12.7. The van der Waals surface area contributed by atoms with Crippen molar-refractivity contribution in [1.29, 1.82) is 0 Å². The van der Waals surface area contributed by atoms with Crippen molar-refractivity contribution in [2.45, 2.75) is 13.3 Å². The number of benzene rings is 2. The number of para-hydroxylation sites is 2. The van der Waals surface area contributed by atoms with E-state index in [1.807, 2.05) is 49.4 Å². The number of ether oxygens (including phenoxy) is 1. The zero-order chi connectivity index (χ0) is 19.0. The van der Waals surface area contributed by atoms with Crippen molar-refractivity contribution in [1.82, 2.24) is 4.98 Å². The zero-order valence-electron chi connectivity index (χ0n) is 15.1. The molecule has 1 aromatic heterocycles. The minimum absolute atomic E-state index is 0.0758. The van der Waals surface area contributed by atoms with Gasteiger partial charge in [-0.2, -0.15) is 0 Å². The first-order chi connectivity index (χ1) is 13.0. The molecule has 2 amide bonds. The second-order valence-electron chi connectivity index (χ2n) is 6.48. The van der Waals surface area contributed by atoms with Gasteiger partial charge < -0.3 is 15.0 Å². The highest BCUT2D eigenvalue weighted by atomic mass is 32.1. The number of carbonyl (C=O) groups excluding carboxylic acids is 2. The third-order valence-electron chi connectivity index (χ3n) is 4.63. The molecular weight excluding hydrogens is 362 g/mol. The highest BCUT2D eigenvalue weighted by Crippen LogP contribution is 2.33. The van der Waals surface area contributed by atoms with E-state index < -0.39 is 5.92 Å². The van der Waals surface area contributed by atoms with Crippen LogP contribution in [0.5, 0.6) is 5.75 Å². The van der Waals surface area contributed by atoms with Gasteiger partial charge in [-0.25, -0.2) is 4.98 Å². The van der Waals surface area contributed by atoms with E-state index in [2.05, 4.69) is 10.3 Å². The first-order valence-electron chi connectivity index (χ1n) is 8.66. The Balaban J connectivity index is 1.50. The number of aromatic nitrogens is 1. The molecule has 0 spiro atoms. The molecular formula is C20H19N3O3S. The number of aryl methyl sites for hydroxylation is 1. The van der Waals surface area contributed by atoms with E-state index in [-0.39, 0.29) is 18.2 Å². The number of anilines is 2. The number of fused-ring (bicyclic) bond motifs is 1. The standard InChI is InChI=1S/C20H19N3O3S/c1-12-21-15-8-7-14(10-18(15)27-12)22-20(25)13-9-19(24)23(11-13)16-5-3-4-6-17(16)26-2/h3-8,10,13H,9,11H2,1-2H3,(H,22,25)/t13-/m0/s1. The molecule has 2 aromatic carbocycles. The maximum absolute atomic E-state index is 12.7. The highest BCUT2D eigenvalue weighted by molar-refractivity contribution is 7.18. The van der Waals surface area contributed by atoms with E-state index in [1.165, 1.54) is 0 Å². The fourth-order valence-corrected chi connectivity index (χ4v) is 4.20. The van der Waals surface area contributed by atoms with Crippen molar-refractivity contribution in [2.24, 2.45) is 5.92 Å². The number of amides is 2. The van der Waals surface area contributed by atoms with E-state index in [4.69, 9.17) is 4.74 Å². The Morgan fingerprint density at radius 3 is 2.93 bits per heavy atom. The number of nitrogens with zero attached hydrogens (tertiary/aromatic N) is 2.